The van der Waals surface area contributed by atoms with Gasteiger partial charge in [-0.2, -0.15) is 0 Å². The standard InChI is InChI=1S/C11H18N2O4/c14-6-8-17-7-5-13-9(15)11(12-10(13)16)3-1-2-4-11/h14H,1-8H2,(H,12,16). The van der Waals surface area contributed by atoms with E-state index in [4.69, 9.17) is 9.84 Å². The van der Waals surface area contributed by atoms with Gasteiger partial charge < -0.3 is 15.2 Å². The Labute approximate surface area is 99.9 Å². The van der Waals surface area contributed by atoms with Crippen molar-refractivity contribution in [2.75, 3.05) is 26.4 Å². The summed E-state index contributed by atoms with van der Waals surface area (Å²) in [5.41, 5.74) is -0.631. The molecule has 1 heterocycles. The first kappa shape index (κ1) is 12.3. The number of rotatable bonds is 5. The highest BCUT2D eigenvalue weighted by atomic mass is 16.5. The van der Waals surface area contributed by atoms with Crippen molar-refractivity contribution in [1.29, 1.82) is 0 Å². The first-order valence-corrected chi connectivity index (χ1v) is 6.02. The van der Waals surface area contributed by atoms with Crippen LogP contribution in [-0.4, -0.2) is 53.8 Å². The SMILES string of the molecule is O=C1NC2(CCCC2)C(=O)N1CCOCCO. The molecule has 3 amide bonds. The van der Waals surface area contributed by atoms with Crippen LogP contribution in [0.5, 0.6) is 0 Å². The Morgan fingerprint density at radius 3 is 2.65 bits per heavy atom. The Balaban J connectivity index is 1.90. The molecule has 0 aromatic carbocycles. The maximum Gasteiger partial charge on any atom is 0.325 e. The minimum Gasteiger partial charge on any atom is -0.394 e. The summed E-state index contributed by atoms with van der Waals surface area (Å²) in [6.07, 6.45) is 3.46. The van der Waals surface area contributed by atoms with E-state index in [-0.39, 0.29) is 38.3 Å². The van der Waals surface area contributed by atoms with E-state index in [1.54, 1.807) is 0 Å². The highest BCUT2D eigenvalue weighted by Crippen LogP contribution is 2.34. The fraction of sp³-hybridized carbons (Fsp3) is 0.818. The van der Waals surface area contributed by atoms with Crippen LogP contribution in [0.4, 0.5) is 4.79 Å². The summed E-state index contributed by atoms with van der Waals surface area (Å²) in [5, 5.41) is 11.3. The van der Waals surface area contributed by atoms with E-state index in [0.29, 0.717) is 0 Å². The van der Waals surface area contributed by atoms with Crippen molar-refractivity contribution in [3.63, 3.8) is 0 Å². The van der Waals surface area contributed by atoms with Crippen molar-refractivity contribution >= 4 is 11.9 Å². The smallest absolute Gasteiger partial charge is 0.325 e. The van der Waals surface area contributed by atoms with Crippen molar-refractivity contribution in [2.45, 2.75) is 31.2 Å². The molecule has 96 valence electrons. The van der Waals surface area contributed by atoms with Gasteiger partial charge >= 0.3 is 6.03 Å². The minimum absolute atomic E-state index is 0.0515. The fourth-order valence-corrected chi connectivity index (χ4v) is 2.52. The van der Waals surface area contributed by atoms with Crippen LogP contribution in [-0.2, 0) is 9.53 Å². The molecule has 2 aliphatic rings. The number of ether oxygens (including phenoxy) is 1. The lowest BCUT2D eigenvalue weighted by Crippen LogP contribution is -2.44. The van der Waals surface area contributed by atoms with Crippen molar-refractivity contribution in [1.82, 2.24) is 10.2 Å². The van der Waals surface area contributed by atoms with Crippen LogP contribution in [0.15, 0.2) is 0 Å². The quantitative estimate of drug-likeness (QED) is 0.519. The summed E-state index contributed by atoms with van der Waals surface area (Å²) in [4.78, 5) is 25.1. The molecule has 6 heteroatoms. The van der Waals surface area contributed by atoms with Gasteiger partial charge in [0, 0.05) is 0 Å². The Morgan fingerprint density at radius 1 is 1.29 bits per heavy atom. The van der Waals surface area contributed by atoms with Gasteiger partial charge in [0.1, 0.15) is 5.54 Å². The average Bonchev–Trinajstić information content (AvgIpc) is 2.85. The Hall–Kier alpha value is -1.14. The third-order valence-electron chi connectivity index (χ3n) is 3.40. The van der Waals surface area contributed by atoms with Gasteiger partial charge in [0.05, 0.1) is 26.4 Å². The van der Waals surface area contributed by atoms with E-state index in [2.05, 4.69) is 5.32 Å². The minimum atomic E-state index is -0.631. The van der Waals surface area contributed by atoms with Crippen LogP contribution < -0.4 is 5.32 Å². The molecule has 0 atom stereocenters. The largest absolute Gasteiger partial charge is 0.394 e. The summed E-state index contributed by atoms with van der Waals surface area (Å²) in [7, 11) is 0. The van der Waals surface area contributed by atoms with Crippen molar-refractivity contribution < 1.29 is 19.4 Å². The normalized spacial score (nSPS) is 22.5. The van der Waals surface area contributed by atoms with E-state index < -0.39 is 5.54 Å². The molecule has 1 aliphatic heterocycles. The molecule has 2 rings (SSSR count). The molecule has 1 saturated heterocycles. The van der Waals surface area contributed by atoms with Crippen molar-refractivity contribution in [2.24, 2.45) is 0 Å². The number of urea groups is 1. The van der Waals surface area contributed by atoms with Crippen LogP contribution in [0.3, 0.4) is 0 Å². The number of hydrogen-bond donors (Lipinski definition) is 2. The topological polar surface area (TPSA) is 78.9 Å². The van der Waals surface area contributed by atoms with Crippen molar-refractivity contribution in [3.05, 3.63) is 0 Å². The van der Waals surface area contributed by atoms with Gasteiger partial charge in [-0.3, -0.25) is 9.69 Å². The number of aliphatic hydroxyl groups is 1. The maximum absolute atomic E-state index is 12.1. The van der Waals surface area contributed by atoms with Crippen molar-refractivity contribution in [3.8, 4) is 0 Å². The molecule has 2 N–H and O–H groups in total. The first-order valence-electron chi connectivity index (χ1n) is 6.02. The van der Waals surface area contributed by atoms with Gasteiger partial charge in [0.2, 0.25) is 0 Å². The zero-order valence-electron chi connectivity index (χ0n) is 9.78. The third kappa shape index (κ3) is 2.28. The number of carbonyl (C=O) groups excluding carboxylic acids is 2. The second-order valence-corrected chi connectivity index (χ2v) is 4.51. The molecular formula is C11H18N2O4. The molecule has 1 spiro atoms. The van der Waals surface area contributed by atoms with Crippen LogP contribution in [0, 0.1) is 0 Å². The summed E-state index contributed by atoms with van der Waals surface area (Å²) < 4.78 is 5.07. The van der Waals surface area contributed by atoms with Gasteiger partial charge in [-0.25, -0.2) is 4.79 Å². The molecule has 0 radical (unpaired) electrons. The molecule has 0 bridgehead atoms. The number of nitrogens with zero attached hydrogens (tertiary/aromatic N) is 1. The number of imide groups is 1. The average molecular weight is 242 g/mol. The molecule has 0 aromatic rings. The highest BCUT2D eigenvalue weighted by molar-refractivity contribution is 6.07. The molecule has 17 heavy (non-hydrogen) atoms. The van der Waals surface area contributed by atoms with E-state index in [0.717, 1.165) is 25.7 Å². The summed E-state index contributed by atoms with van der Waals surface area (Å²) in [6.45, 7) is 0.709. The van der Waals surface area contributed by atoms with Gasteiger partial charge in [-0.1, -0.05) is 12.8 Å². The lowest BCUT2D eigenvalue weighted by molar-refractivity contribution is -0.131. The lowest BCUT2D eigenvalue weighted by Gasteiger charge is -2.19. The number of nitrogens with one attached hydrogen (secondary N) is 1. The molecule has 1 saturated carbocycles. The van der Waals surface area contributed by atoms with E-state index >= 15 is 0 Å². The lowest BCUT2D eigenvalue weighted by atomic mass is 9.98. The summed E-state index contributed by atoms with van der Waals surface area (Å²) >= 11 is 0. The molecule has 0 unspecified atom stereocenters. The van der Waals surface area contributed by atoms with Crippen LogP contribution in [0.2, 0.25) is 0 Å². The van der Waals surface area contributed by atoms with E-state index in [9.17, 15) is 9.59 Å². The van der Waals surface area contributed by atoms with Crippen LogP contribution in [0.25, 0.3) is 0 Å². The van der Waals surface area contributed by atoms with Gasteiger partial charge in [0.15, 0.2) is 0 Å². The molecule has 2 fully saturated rings. The zero-order chi connectivity index (χ0) is 12.3. The predicted octanol–water partition coefficient (Wildman–Crippen LogP) is -0.140. The fourth-order valence-electron chi connectivity index (χ4n) is 2.52. The highest BCUT2D eigenvalue weighted by Gasteiger charge is 2.52. The van der Waals surface area contributed by atoms with Crippen LogP contribution in [0.1, 0.15) is 25.7 Å². The Morgan fingerprint density at radius 2 is 2.00 bits per heavy atom. The number of carbonyl (C=O) groups is 2. The molecule has 0 aromatic heterocycles. The molecule has 6 nitrogen and oxygen atoms in total. The van der Waals surface area contributed by atoms with Gasteiger partial charge in [0.25, 0.3) is 5.91 Å². The summed E-state index contributed by atoms with van der Waals surface area (Å²) in [5.74, 6) is -0.118. The van der Waals surface area contributed by atoms with Gasteiger partial charge in [-0.05, 0) is 12.8 Å². The third-order valence-corrected chi connectivity index (χ3v) is 3.40. The molecular weight excluding hydrogens is 224 g/mol. The zero-order valence-corrected chi connectivity index (χ0v) is 9.78. The second-order valence-electron chi connectivity index (χ2n) is 4.51. The molecule has 1 aliphatic carbocycles. The maximum atomic E-state index is 12.1. The number of amides is 3. The summed E-state index contributed by atoms with van der Waals surface area (Å²) in [6, 6.07) is -0.315. The van der Waals surface area contributed by atoms with Gasteiger partial charge in [-0.15, -0.1) is 0 Å². The number of aliphatic hydroxyl groups excluding tert-OH is 1. The monoisotopic (exact) mass is 242 g/mol. The Bertz CT molecular complexity index is 313. The first-order chi connectivity index (χ1) is 8.19. The van der Waals surface area contributed by atoms with E-state index in [1.807, 2.05) is 0 Å². The second kappa shape index (κ2) is 5.01. The number of hydrogen-bond acceptors (Lipinski definition) is 4. The Kier molecular flexibility index (Phi) is 3.63. The van der Waals surface area contributed by atoms with Crippen LogP contribution >= 0.6 is 0 Å². The van der Waals surface area contributed by atoms with E-state index in [1.165, 1.54) is 4.90 Å². The predicted molar refractivity (Wildman–Crippen MR) is 59.3 cm³/mol.